The summed E-state index contributed by atoms with van der Waals surface area (Å²) >= 11 is 0. The van der Waals surface area contributed by atoms with Crippen molar-refractivity contribution >= 4 is 17.3 Å². The van der Waals surface area contributed by atoms with Crippen LogP contribution in [0.25, 0.3) is 0 Å². The first-order chi connectivity index (χ1) is 8.21. The van der Waals surface area contributed by atoms with Gasteiger partial charge in [0, 0.05) is 18.4 Å². The van der Waals surface area contributed by atoms with Gasteiger partial charge in [0.1, 0.15) is 0 Å². The average Bonchev–Trinajstić information content (AvgIpc) is 2.67. The van der Waals surface area contributed by atoms with E-state index in [4.69, 9.17) is 10.2 Å². The zero-order valence-electron chi connectivity index (χ0n) is 9.68. The molecular formula is C12H16N2O3. The van der Waals surface area contributed by atoms with Crippen LogP contribution in [0.3, 0.4) is 0 Å². The minimum atomic E-state index is -0.552. The van der Waals surface area contributed by atoms with Crippen molar-refractivity contribution in [2.45, 2.75) is 12.5 Å². The number of carbonyl (C=O) groups is 1. The van der Waals surface area contributed by atoms with Crippen molar-refractivity contribution in [3.05, 3.63) is 23.8 Å². The molecule has 0 aromatic heterocycles. The number of hydrogen-bond acceptors (Lipinski definition) is 4. The van der Waals surface area contributed by atoms with Crippen molar-refractivity contribution in [1.29, 1.82) is 0 Å². The summed E-state index contributed by atoms with van der Waals surface area (Å²) in [4.78, 5) is 13.4. The highest BCUT2D eigenvalue weighted by atomic mass is 16.3. The van der Waals surface area contributed by atoms with Crippen LogP contribution in [-0.2, 0) is 11.2 Å². The molecule has 5 nitrogen and oxygen atoms in total. The van der Waals surface area contributed by atoms with Crippen LogP contribution in [0.15, 0.2) is 18.2 Å². The van der Waals surface area contributed by atoms with Gasteiger partial charge in [0.05, 0.1) is 25.7 Å². The third-order valence-electron chi connectivity index (χ3n) is 3.02. The Morgan fingerprint density at radius 2 is 2.12 bits per heavy atom. The number of aliphatic hydroxyl groups is 2. The second kappa shape index (κ2) is 4.73. The van der Waals surface area contributed by atoms with E-state index in [-0.39, 0.29) is 19.1 Å². The van der Waals surface area contributed by atoms with Crippen molar-refractivity contribution in [2.75, 3.05) is 30.5 Å². The molecule has 92 valence electrons. The maximum absolute atomic E-state index is 11.9. The van der Waals surface area contributed by atoms with Gasteiger partial charge >= 0.3 is 0 Å². The fourth-order valence-corrected chi connectivity index (χ4v) is 2.12. The average molecular weight is 236 g/mol. The highest BCUT2D eigenvalue weighted by molar-refractivity contribution is 6.02. The van der Waals surface area contributed by atoms with E-state index in [2.05, 4.69) is 5.32 Å². The summed E-state index contributed by atoms with van der Waals surface area (Å²) in [5.74, 6) is -0.0821. The van der Waals surface area contributed by atoms with E-state index in [1.165, 1.54) is 4.90 Å². The number of amides is 1. The zero-order chi connectivity index (χ0) is 12.4. The molecule has 1 aliphatic rings. The van der Waals surface area contributed by atoms with Crippen LogP contribution in [0.5, 0.6) is 0 Å². The molecule has 0 radical (unpaired) electrons. The van der Waals surface area contributed by atoms with Gasteiger partial charge < -0.3 is 20.4 Å². The van der Waals surface area contributed by atoms with Gasteiger partial charge in [-0.25, -0.2) is 0 Å². The Hall–Kier alpha value is -1.59. The lowest BCUT2D eigenvalue weighted by Crippen LogP contribution is -2.42. The molecule has 1 heterocycles. The number of rotatable bonds is 4. The normalized spacial score (nSPS) is 14.4. The number of anilines is 2. The van der Waals surface area contributed by atoms with Crippen molar-refractivity contribution < 1.29 is 15.0 Å². The minimum absolute atomic E-state index is 0.0821. The van der Waals surface area contributed by atoms with Crippen LogP contribution < -0.4 is 10.2 Å². The number of benzene rings is 1. The summed E-state index contributed by atoms with van der Waals surface area (Å²) in [5.41, 5.74) is 2.65. The van der Waals surface area contributed by atoms with Crippen molar-refractivity contribution in [2.24, 2.45) is 0 Å². The molecule has 0 atom stereocenters. The van der Waals surface area contributed by atoms with E-state index in [1.807, 2.05) is 25.2 Å². The molecule has 1 aliphatic heterocycles. The Morgan fingerprint density at radius 3 is 2.71 bits per heavy atom. The van der Waals surface area contributed by atoms with Crippen molar-refractivity contribution in [3.8, 4) is 0 Å². The molecule has 0 bridgehead atoms. The number of hydrogen-bond donors (Lipinski definition) is 3. The molecular weight excluding hydrogens is 220 g/mol. The summed E-state index contributed by atoms with van der Waals surface area (Å²) in [6.45, 7) is -0.481. The molecule has 3 N–H and O–H groups in total. The Kier molecular flexibility index (Phi) is 3.31. The molecule has 0 fully saturated rings. The van der Waals surface area contributed by atoms with Gasteiger partial charge in [0.15, 0.2) is 0 Å². The largest absolute Gasteiger partial charge is 0.394 e. The molecule has 2 rings (SSSR count). The summed E-state index contributed by atoms with van der Waals surface area (Å²) < 4.78 is 0. The smallest absolute Gasteiger partial charge is 0.231 e. The van der Waals surface area contributed by atoms with Crippen LogP contribution in [0.2, 0.25) is 0 Å². The molecule has 0 spiro atoms. The lowest BCUT2D eigenvalue weighted by molar-refractivity contribution is -0.118. The molecule has 5 heteroatoms. The minimum Gasteiger partial charge on any atom is -0.394 e. The van der Waals surface area contributed by atoms with Crippen LogP contribution in [0.4, 0.5) is 11.4 Å². The summed E-state index contributed by atoms with van der Waals surface area (Å²) in [6.07, 6.45) is 0.321. The van der Waals surface area contributed by atoms with Crippen molar-refractivity contribution in [1.82, 2.24) is 0 Å². The van der Waals surface area contributed by atoms with Crippen LogP contribution >= 0.6 is 0 Å². The molecule has 0 saturated heterocycles. The number of nitrogens with zero attached hydrogens (tertiary/aromatic N) is 1. The molecule has 1 aromatic rings. The maximum atomic E-state index is 11.9. The van der Waals surface area contributed by atoms with E-state index in [9.17, 15) is 4.79 Å². The monoisotopic (exact) mass is 236 g/mol. The van der Waals surface area contributed by atoms with E-state index >= 15 is 0 Å². The number of fused-ring (bicyclic) bond motifs is 1. The number of aliphatic hydroxyl groups excluding tert-OH is 2. The second-order valence-corrected chi connectivity index (χ2v) is 4.05. The Balaban J connectivity index is 2.37. The van der Waals surface area contributed by atoms with Gasteiger partial charge in [0.2, 0.25) is 5.91 Å². The van der Waals surface area contributed by atoms with Gasteiger partial charge in [-0.1, -0.05) is 0 Å². The first-order valence-electron chi connectivity index (χ1n) is 5.55. The Labute approximate surface area is 99.7 Å². The van der Waals surface area contributed by atoms with Crippen molar-refractivity contribution in [3.63, 3.8) is 0 Å². The fourth-order valence-electron chi connectivity index (χ4n) is 2.12. The Bertz CT molecular complexity index is 430. The summed E-state index contributed by atoms with van der Waals surface area (Å²) in [5, 5.41) is 21.3. The van der Waals surface area contributed by atoms with Crippen LogP contribution in [0, 0.1) is 0 Å². The lowest BCUT2D eigenvalue weighted by atomic mass is 10.1. The van der Waals surface area contributed by atoms with E-state index in [0.717, 1.165) is 16.9 Å². The predicted octanol–water partition coefficient (Wildman–Crippen LogP) is -0.0294. The van der Waals surface area contributed by atoms with Gasteiger partial charge in [0.25, 0.3) is 0 Å². The third-order valence-corrected chi connectivity index (χ3v) is 3.02. The number of carbonyl (C=O) groups excluding carboxylic acids is 1. The summed E-state index contributed by atoms with van der Waals surface area (Å²) in [6, 6.07) is 5.07. The Morgan fingerprint density at radius 1 is 1.41 bits per heavy atom. The molecule has 0 unspecified atom stereocenters. The quantitative estimate of drug-likeness (QED) is 0.686. The van der Waals surface area contributed by atoms with E-state index in [0.29, 0.717) is 6.42 Å². The van der Waals surface area contributed by atoms with E-state index in [1.54, 1.807) is 0 Å². The van der Waals surface area contributed by atoms with Gasteiger partial charge in [-0.05, 0) is 23.8 Å². The predicted molar refractivity (Wildman–Crippen MR) is 65.1 cm³/mol. The topological polar surface area (TPSA) is 72.8 Å². The maximum Gasteiger partial charge on any atom is 0.231 e. The molecule has 0 aliphatic carbocycles. The molecule has 1 aromatic carbocycles. The van der Waals surface area contributed by atoms with Crippen LogP contribution in [-0.4, -0.2) is 42.4 Å². The zero-order valence-corrected chi connectivity index (χ0v) is 9.68. The molecule has 1 amide bonds. The van der Waals surface area contributed by atoms with Gasteiger partial charge in [-0.2, -0.15) is 0 Å². The lowest BCUT2D eigenvalue weighted by Gasteiger charge is -2.25. The second-order valence-electron chi connectivity index (χ2n) is 4.05. The highest BCUT2D eigenvalue weighted by Crippen LogP contribution is 2.32. The first-order valence-corrected chi connectivity index (χ1v) is 5.55. The molecule has 0 saturated carbocycles. The van der Waals surface area contributed by atoms with Gasteiger partial charge in [-0.3, -0.25) is 4.79 Å². The fraction of sp³-hybridized carbons (Fsp3) is 0.417. The van der Waals surface area contributed by atoms with Crippen LogP contribution in [0.1, 0.15) is 5.56 Å². The molecule has 17 heavy (non-hydrogen) atoms. The SMILES string of the molecule is CNc1ccc2c(c1)CC(=O)N2C(CO)CO. The number of nitrogens with one attached hydrogen (secondary N) is 1. The third kappa shape index (κ3) is 1.99. The van der Waals surface area contributed by atoms with Gasteiger partial charge in [-0.15, -0.1) is 0 Å². The highest BCUT2D eigenvalue weighted by Gasteiger charge is 2.32. The summed E-state index contributed by atoms with van der Waals surface area (Å²) in [7, 11) is 1.82. The standard InChI is InChI=1S/C12H16N2O3/c1-13-9-2-3-11-8(4-9)5-12(17)14(11)10(6-15)7-16/h2-4,10,13,15-16H,5-7H2,1H3. The first kappa shape index (κ1) is 11.9. The van der Waals surface area contributed by atoms with E-state index < -0.39 is 6.04 Å².